The van der Waals surface area contributed by atoms with Crippen LogP contribution in [0.25, 0.3) is 116 Å². The van der Waals surface area contributed by atoms with Gasteiger partial charge in [0.1, 0.15) is 0 Å². The van der Waals surface area contributed by atoms with E-state index in [9.17, 15) is 0 Å². The summed E-state index contributed by atoms with van der Waals surface area (Å²) < 4.78 is 2.47. The van der Waals surface area contributed by atoms with E-state index in [1.807, 2.05) is 36.4 Å². The van der Waals surface area contributed by atoms with E-state index in [0.29, 0.717) is 17.5 Å². The van der Waals surface area contributed by atoms with Crippen molar-refractivity contribution in [2.45, 2.75) is 6.42 Å². The average molecular weight is 789 g/mol. The van der Waals surface area contributed by atoms with Gasteiger partial charge < -0.3 is 4.57 Å². The van der Waals surface area contributed by atoms with E-state index in [0.717, 1.165) is 45.2 Å². The fourth-order valence-electron chi connectivity index (χ4n) is 9.97. The maximum Gasteiger partial charge on any atom is 0.164 e. The summed E-state index contributed by atoms with van der Waals surface area (Å²) in [5.74, 6) is 1.90. The Balaban J connectivity index is 1.11. The lowest BCUT2D eigenvalue weighted by Crippen LogP contribution is -2.02. The van der Waals surface area contributed by atoms with Crippen LogP contribution in [0.2, 0.25) is 0 Å². The molecule has 12 aromatic rings. The highest BCUT2D eigenvalue weighted by molar-refractivity contribution is 6.28. The molecule has 2 aromatic heterocycles. The third kappa shape index (κ3) is 5.37. The standard InChI is InChI=1S/C58H36N4/c1-3-15-36(16-4-1)56-59-57(37-17-5-2-6-18-37)61-58(60-56)42-34-51-46-23-10-9-21-44(46)45-22-11-12-25-48(45)55(51)54(35-42)62-52-26-14-13-24-47(52)50-33-39(29-30-53(50)62)38-27-28-41-31-40-19-7-8-20-43(40)49(41)32-38/h1-30,32-35H,31H2. The van der Waals surface area contributed by atoms with Crippen molar-refractivity contribution < 1.29 is 0 Å². The summed E-state index contributed by atoms with van der Waals surface area (Å²) in [7, 11) is 0. The number of hydrogen-bond donors (Lipinski definition) is 0. The van der Waals surface area contributed by atoms with Gasteiger partial charge in [0.2, 0.25) is 0 Å². The first-order chi connectivity index (χ1) is 30.7. The second-order valence-corrected chi connectivity index (χ2v) is 16.3. The van der Waals surface area contributed by atoms with E-state index in [4.69, 9.17) is 15.0 Å². The van der Waals surface area contributed by atoms with E-state index < -0.39 is 0 Å². The van der Waals surface area contributed by atoms with E-state index in [2.05, 4.69) is 174 Å². The molecule has 2 heterocycles. The predicted octanol–water partition coefficient (Wildman–Crippen LogP) is 14.7. The molecule has 0 radical (unpaired) electrons. The molecule has 0 fully saturated rings. The first-order valence-electron chi connectivity index (χ1n) is 21.2. The molecule has 0 spiro atoms. The van der Waals surface area contributed by atoms with Gasteiger partial charge in [0.25, 0.3) is 0 Å². The van der Waals surface area contributed by atoms with Gasteiger partial charge in [-0.2, -0.15) is 0 Å². The highest BCUT2D eigenvalue weighted by atomic mass is 15.0. The Labute approximate surface area is 358 Å². The Morgan fingerprint density at radius 1 is 0.306 bits per heavy atom. The van der Waals surface area contributed by atoms with E-state index >= 15 is 0 Å². The Morgan fingerprint density at radius 3 is 1.53 bits per heavy atom. The molecule has 0 aliphatic heterocycles. The first kappa shape index (κ1) is 34.6. The van der Waals surface area contributed by atoms with Crippen molar-refractivity contribution in [3.63, 3.8) is 0 Å². The summed E-state index contributed by atoms with van der Waals surface area (Å²) >= 11 is 0. The van der Waals surface area contributed by atoms with Crippen LogP contribution in [0.1, 0.15) is 11.1 Å². The zero-order chi connectivity index (χ0) is 40.7. The van der Waals surface area contributed by atoms with Crippen LogP contribution in [0.5, 0.6) is 0 Å². The second kappa shape index (κ2) is 13.7. The van der Waals surface area contributed by atoms with Crippen molar-refractivity contribution in [2.75, 3.05) is 0 Å². The molecule has 0 unspecified atom stereocenters. The van der Waals surface area contributed by atoms with Gasteiger partial charge in [-0.3, -0.25) is 0 Å². The van der Waals surface area contributed by atoms with Gasteiger partial charge in [0.15, 0.2) is 17.5 Å². The van der Waals surface area contributed by atoms with Gasteiger partial charge >= 0.3 is 0 Å². The van der Waals surface area contributed by atoms with Gasteiger partial charge in [-0.15, -0.1) is 0 Å². The minimum atomic E-state index is 0.624. The minimum absolute atomic E-state index is 0.624. The predicted molar refractivity (Wildman–Crippen MR) is 257 cm³/mol. The maximum atomic E-state index is 5.25. The first-order valence-corrected chi connectivity index (χ1v) is 21.2. The molecule has 13 rings (SSSR count). The highest BCUT2D eigenvalue weighted by Gasteiger charge is 2.23. The lowest BCUT2D eigenvalue weighted by atomic mass is 9.91. The summed E-state index contributed by atoms with van der Waals surface area (Å²) in [5.41, 5.74) is 14.1. The molecule has 0 amide bonds. The SMILES string of the molecule is c1ccc(-c2nc(-c3ccccc3)nc(-c3cc(-n4c5ccccc5c5cc(-c6ccc7c(c6)-c6ccccc6C7)ccc54)c4c5ccccc5c5ccccc5c4c3)n2)cc1. The molecule has 288 valence electrons. The highest BCUT2D eigenvalue weighted by Crippen LogP contribution is 2.45. The van der Waals surface area contributed by atoms with Crippen LogP contribution in [-0.2, 0) is 6.42 Å². The summed E-state index contributed by atoms with van der Waals surface area (Å²) in [6.45, 7) is 0. The number of rotatable bonds is 5. The summed E-state index contributed by atoms with van der Waals surface area (Å²) in [6.07, 6.45) is 0.987. The Hall–Kier alpha value is -8.21. The normalized spacial score (nSPS) is 12.1. The fraction of sp³-hybridized carbons (Fsp3) is 0.0172. The number of aromatic nitrogens is 4. The van der Waals surface area contributed by atoms with E-state index in [1.54, 1.807) is 0 Å². The molecule has 0 N–H and O–H groups in total. The van der Waals surface area contributed by atoms with Gasteiger partial charge in [-0.05, 0) is 103 Å². The molecule has 0 bridgehead atoms. The third-order valence-corrected chi connectivity index (χ3v) is 12.8. The smallest absolute Gasteiger partial charge is 0.164 e. The third-order valence-electron chi connectivity index (χ3n) is 12.8. The lowest BCUT2D eigenvalue weighted by molar-refractivity contribution is 1.07. The molecule has 4 nitrogen and oxygen atoms in total. The quantitative estimate of drug-likeness (QED) is 0.163. The number of hydrogen-bond acceptors (Lipinski definition) is 3. The molecular formula is C58H36N4. The van der Waals surface area contributed by atoms with Crippen LogP contribution in [0.3, 0.4) is 0 Å². The number of nitrogens with zero attached hydrogens (tertiary/aromatic N) is 4. The molecule has 0 saturated carbocycles. The van der Waals surface area contributed by atoms with Crippen molar-refractivity contribution in [1.29, 1.82) is 0 Å². The van der Waals surface area contributed by atoms with Gasteiger partial charge in [0.05, 0.1) is 16.7 Å². The summed E-state index contributed by atoms with van der Waals surface area (Å²) in [6, 6.07) is 74.3. The monoisotopic (exact) mass is 788 g/mol. The van der Waals surface area contributed by atoms with Crippen LogP contribution < -0.4 is 0 Å². The zero-order valence-electron chi connectivity index (χ0n) is 33.6. The Morgan fingerprint density at radius 2 is 0.806 bits per heavy atom. The average Bonchev–Trinajstić information content (AvgIpc) is 3.89. The number of para-hydroxylation sites is 1. The van der Waals surface area contributed by atoms with Crippen molar-refractivity contribution in [3.8, 4) is 62.1 Å². The number of benzene rings is 10. The van der Waals surface area contributed by atoms with E-state index in [-0.39, 0.29) is 0 Å². The molecular weight excluding hydrogens is 753 g/mol. The Kier molecular flexibility index (Phi) is 7.63. The maximum absolute atomic E-state index is 5.25. The van der Waals surface area contributed by atoms with Crippen LogP contribution in [0, 0.1) is 0 Å². The van der Waals surface area contributed by atoms with Gasteiger partial charge in [-0.25, -0.2) is 15.0 Å². The number of fused-ring (bicyclic) bond motifs is 12. The van der Waals surface area contributed by atoms with Gasteiger partial charge in [-0.1, -0.05) is 170 Å². The van der Waals surface area contributed by atoms with Crippen LogP contribution in [0.15, 0.2) is 206 Å². The van der Waals surface area contributed by atoms with Crippen LogP contribution in [0.4, 0.5) is 0 Å². The molecule has 4 heteroatoms. The topological polar surface area (TPSA) is 43.6 Å². The van der Waals surface area contributed by atoms with Crippen molar-refractivity contribution in [3.05, 3.63) is 217 Å². The molecule has 1 aliphatic rings. The molecule has 0 saturated heterocycles. The minimum Gasteiger partial charge on any atom is -0.309 e. The van der Waals surface area contributed by atoms with Crippen LogP contribution in [-0.4, -0.2) is 19.5 Å². The molecule has 62 heavy (non-hydrogen) atoms. The van der Waals surface area contributed by atoms with Gasteiger partial charge in [0, 0.05) is 32.8 Å². The van der Waals surface area contributed by atoms with Crippen LogP contribution >= 0.6 is 0 Å². The fourth-order valence-corrected chi connectivity index (χ4v) is 9.97. The Bertz CT molecular complexity index is 3720. The largest absolute Gasteiger partial charge is 0.309 e. The molecule has 1 aliphatic carbocycles. The van der Waals surface area contributed by atoms with Crippen molar-refractivity contribution in [2.24, 2.45) is 0 Å². The van der Waals surface area contributed by atoms with Crippen molar-refractivity contribution >= 4 is 54.1 Å². The molecule has 10 aromatic carbocycles. The van der Waals surface area contributed by atoms with Crippen molar-refractivity contribution in [1.82, 2.24) is 19.5 Å². The summed E-state index contributed by atoms with van der Waals surface area (Å²) in [4.78, 5) is 15.5. The second-order valence-electron chi connectivity index (χ2n) is 16.3. The summed E-state index contributed by atoms with van der Waals surface area (Å²) in [5, 5.41) is 9.58. The lowest BCUT2D eigenvalue weighted by Gasteiger charge is -2.18. The zero-order valence-corrected chi connectivity index (χ0v) is 33.6. The molecule has 0 atom stereocenters. The van der Waals surface area contributed by atoms with E-state index in [1.165, 1.54) is 71.1 Å².